The third-order valence-corrected chi connectivity index (χ3v) is 5.96. The second-order valence-electron chi connectivity index (χ2n) is 8.35. The average Bonchev–Trinajstić information content (AvgIpc) is 3.31. The molecule has 17 heteroatoms. The van der Waals surface area contributed by atoms with Crippen molar-refractivity contribution in [2.45, 2.75) is 30.5 Å². The number of ether oxygens (including phenoxy) is 1. The number of amides is 1. The normalized spacial score (nSPS) is 14.5. The van der Waals surface area contributed by atoms with Crippen molar-refractivity contribution < 1.29 is 44.7 Å². The van der Waals surface area contributed by atoms with Gasteiger partial charge in [0.05, 0.1) is 22.9 Å². The van der Waals surface area contributed by atoms with Crippen LogP contribution in [0.25, 0.3) is 16.9 Å². The molecule has 1 N–H and O–H groups in total. The number of hydrogen-bond donors (Lipinski definition) is 1. The van der Waals surface area contributed by atoms with E-state index < -0.39 is 52.9 Å². The average molecular weight is 581 g/mol. The van der Waals surface area contributed by atoms with Crippen molar-refractivity contribution in [2.24, 2.45) is 7.05 Å². The van der Waals surface area contributed by atoms with Crippen molar-refractivity contribution >= 4 is 17.5 Å². The first kappa shape index (κ1) is 27.9. The summed E-state index contributed by atoms with van der Waals surface area (Å²) in [4.78, 5) is 12.7. The number of nitriles is 1. The van der Waals surface area contributed by atoms with Gasteiger partial charge in [0.15, 0.2) is 11.5 Å². The predicted octanol–water partition coefficient (Wildman–Crippen LogP) is 5.78. The largest absolute Gasteiger partial charge is 0.459 e. The number of hydrogen-bond acceptors (Lipinski definition) is 5. The Balaban J connectivity index is 1.77. The van der Waals surface area contributed by atoms with Gasteiger partial charge < -0.3 is 10.1 Å². The van der Waals surface area contributed by atoms with Gasteiger partial charge in [0, 0.05) is 18.8 Å². The molecular formula is C22H13ClF8N6O2. The van der Waals surface area contributed by atoms with Crippen LogP contribution in [0.3, 0.4) is 0 Å². The van der Waals surface area contributed by atoms with Gasteiger partial charge in [-0.15, -0.1) is 0 Å². The van der Waals surface area contributed by atoms with Crippen LogP contribution in [0.4, 0.5) is 35.1 Å². The minimum Gasteiger partial charge on any atom is -0.421 e. The fourth-order valence-electron chi connectivity index (χ4n) is 3.45. The molecule has 4 rings (SSSR count). The van der Waals surface area contributed by atoms with E-state index in [1.807, 2.05) is 6.07 Å². The molecule has 1 aliphatic rings. The highest BCUT2D eigenvalue weighted by molar-refractivity contribution is 6.34. The van der Waals surface area contributed by atoms with Gasteiger partial charge in [-0.25, -0.2) is 9.36 Å². The standard InChI is InChI=1S/C22H13ClF8N6O2/c1-36-19(14(39-17(26)16(24)25)15(35-36)21(27,28)22(29,30)31)37-8-11(7-33-37)10-2-3-13(23)12(6-10)18(38)34-20(9-32)4-5-20/h2-3,6-8H,4-5H2,1H3,(H,34,38). The smallest absolute Gasteiger partial charge is 0.421 e. The predicted molar refractivity (Wildman–Crippen MR) is 117 cm³/mol. The van der Waals surface area contributed by atoms with E-state index in [4.69, 9.17) is 11.6 Å². The lowest BCUT2D eigenvalue weighted by Crippen LogP contribution is -2.35. The molecule has 3 aromatic rings. The first-order valence-electron chi connectivity index (χ1n) is 10.6. The lowest BCUT2D eigenvalue weighted by molar-refractivity contribution is -0.291. The summed E-state index contributed by atoms with van der Waals surface area (Å²) in [5, 5.41) is 18.6. The molecule has 39 heavy (non-hydrogen) atoms. The van der Waals surface area contributed by atoms with Crippen LogP contribution >= 0.6 is 11.6 Å². The van der Waals surface area contributed by atoms with Gasteiger partial charge >= 0.3 is 24.2 Å². The van der Waals surface area contributed by atoms with Crippen LogP contribution in [-0.2, 0) is 13.0 Å². The molecule has 0 aliphatic heterocycles. The highest BCUT2D eigenvalue weighted by Crippen LogP contribution is 2.48. The zero-order valence-electron chi connectivity index (χ0n) is 19.3. The van der Waals surface area contributed by atoms with Crippen LogP contribution < -0.4 is 10.1 Å². The summed E-state index contributed by atoms with van der Waals surface area (Å²) in [7, 11) is 0.876. The molecule has 206 valence electrons. The van der Waals surface area contributed by atoms with Crippen molar-refractivity contribution in [1.29, 1.82) is 5.26 Å². The van der Waals surface area contributed by atoms with E-state index >= 15 is 0 Å². The first-order chi connectivity index (χ1) is 18.1. The number of nitrogens with zero attached hydrogens (tertiary/aromatic N) is 5. The molecule has 0 spiro atoms. The Bertz CT molecular complexity index is 1530. The molecule has 1 amide bonds. The van der Waals surface area contributed by atoms with Crippen LogP contribution in [0.1, 0.15) is 28.9 Å². The Hall–Kier alpha value is -4.13. The third kappa shape index (κ3) is 5.13. The Morgan fingerprint density at radius 1 is 1.18 bits per heavy atom. The summed E-state index contributed by atoms with van der Waals surface area (Å²) in [6.07, 6.45) is -6.31. The molecular weight excluding hydrogens is 568 g/mol. The Morgan fingerprint density at radius 2 is 1.85 bits per heavy atom. The highest BCUT2D eigenvalue weighted by atomic mass is 35.5. The van der Waals surface area contributed by atoms with E-state index in [2.05, 4.69) is 20.3 Å². The number of alkyl halides is 5. The quantitative estimate of drug-likeness (QED) is 0.282. The lowest BCUT2D eigenvalue weighted by Gasteiger charge is -2.18. The van der Waals surface area contributed by atoms with E-state index in [1.54, 1.807) is 0 Å². The van der Waals surface area contributed by atoms with Crippen molar-refractivity contribution in [2.75, 3.05) is 0 Å². The van der Waals surface area contributed by atoms with Crippen molar-refractivity contribution in [3.63, 3.8) is 0 Å². The minimum absolute atomic E-state index is 0.0224. The Morgan fingerprint density at radius 3 is 2.41 bits per heavy atom. The minimum atomic E-state index is -6.23. The van der Waals surface area contributed by atoms with Gasteiger partial charge in [0.2, 0.25) is 5.75 Å². The monoisotopic (exact) mass is 580 g/mol. The fraction of sp³-hybridized carbons (Fsp3) is 0.273. The molecule has 1 aromatic carbocycles. The molecule has 0 saturated heterocycles. The van der Waals surface area contributed by atoms with E-state index in [0.29, 0.717) is 22.2 Å². The highest BCUT2D eigenvalue weighted by Gasteiger charge is 2.62. The molecule has 2 aromatic heterocycles. The molecule has 1 fully saturated rings. The second kappa shape index (κ2) is 9.56. The fourth-order valence-corrected chi connectivity index (χ4v) is 3.65. The zero-order valence-corrected chi connectivity index (χ0v) is 20.0. The summed E-state index contributed by atoms with van der Waals surface area (Å²) in [6, 6.07) is 3.31. The molecule has 1 saturated carbocycles. The number of nitrogens with one attached hydrogen (secondary N) is 1. The molecule has 0 atom stereocenters. The number of aryl methyl sites for hydroxylation is 1. The molecule has 8 nitrogen and oxygen atoms in total. The molecule has 1 aliphatic carbocycles. The van der Waals surface area contributed by atoms with Crippen LogP contribution in [0.5, 0.6) is 5.75 Å². The van der Waals surface area contributed by atoms with Gasteiger partial charge in [-0.1, -0.05) is 17.7 Å². The van der Waals surface area contributed by atoms with Gasteiger partial charge in [0.1, 0.15) is 5.54 Å². The molecule has 0 radical (unpaired) electrons. The van der Waals surface area contributed by atoms with Crippen LogP contribution in [-0.4, -0.2) is 37.2 Å². The number of rotatable bonds is 7. The van der Waals surface area contributed by atoms with E-state index in [1.165, 1.54) is 18.2 Å². The summed E-state index contributed by atoms with van der Waals surface area (Å²) in [6.45, 7) is 0. The maximum Gasteiger partial charge on any atom is 0.459 e. The number of carbonyl (C=O) groups excluding carboxylic acids is 1. The Kier molecular flexibility index (Phi) is 6.84. The molecule has 2 heterocycles. The zero-order chi connectivity index (χ0) is 28.9. The second-order valence-corrected chi connectivity index (χ2v) is 8.76. The van der Waals surface area contributed by atoms with Crippen LogP contribution in [0, 0.1) is 11.3 Å². The topological polar surface area (TPSA) is 97.8 Å². The summed E-state index contributed by atoms with van der Waals surface area (Å²) in [5.41, 5.74) is -2.82. The van der Waals surface area contributed by atoms with Crippen LogP contribution in [0.2, 0.25) is 5.02 Å². The van der Waals surface area contributed by atoms with E-state index in [9.17, 15) is 45.2 Å². The van der Waals surface area contributed by atoms with Gasteiger partial charge in [-0.3, -0.25) is 4.79 Å². The molecule has 0 unspecified atom stereocenters. The lowest BCUT2D eigenvalue weighted by atomic mass is 10.1. The van der Waals surface area contributed by atoms with Crippen molar-refractivity contribution in [3.8, 4) is 28.8 Å². The first-order valence-corrected chi connectivity index (χ1v) is 11.0. The van der Waals surface area contributed by atoms with Gasteiger partial charge in [-0.2, -0.15) is 50.6 Å². The van der Waals surface area contributed by atoms with Crippen molar-refractivity contribution in [3.05, 3.63) is 59.0 Å². The summed E-state index contributed by atoms with van der Waals surface area (Å²) >= 11 is 6.11. The van der Waals surface area contributed by atoms with E-state index in [-0.39, 0.29) is 21.7 Å². The SMILES string of the molecule is Cn1nc(C(F)(F)C(F)(F)F)c(OC(F)=C(F)F)c1-n1cc(-c2ccc(Cl)c(C(=O)NC3(C#N)CC3)c2)cn1. The number of benzene rings is 1. The van der Waals surface area contributed by atoms with Crippen molar-refractivity contribution in [1.82, 2.24) is 24.9 Å². The third-order valence-electron chi connectivity index (χ3n) is 5.63. The number of aromatic nitrogens is 4. The maximum absolute atomic E-state index is 14.2. The number of carbonyl (C=O) groups is 1. The van der Waals surface area contributed by atoms with Gasteiger partial charge in [-0.05, 0) is 30.5 Å². The van der Waals surface area contributed by atoms with E-state index in [0.717, 1.165) is 19.4 Å². The Labute approximate surface area is 218 Å². The summed E-state index contributed by atoms with van der Waals surface area (Å²) < 4.78 is 111. The van der Waals surface area contributed by atoms with Gasteiger partial charge in [0.25, 0.3) is 5.91 Å². The summed E-state index contributed by atoms with van der Waals surface area (Å²) in [5.74, 6) is -8.90. The number of halogens is 9. The molecule has 0 bridgehead atoms. The van der Waals surface area contributed by atoms with Crippen LogP contribution in [0.15, 0.2) is 42.7 Å². The maximum atomic E-state index is 14.2.